The van der Waals surface area contributed by atoms with Crippen LogP contribution < -0.4 is 5.32 Å². The number of halogens is 1. The molecule has 20 heavy (non-hydrogen) atoms. The second-order valence-corrected chi connectivity index (χ2v) is 7.25. The molecule has 0 bridgehead atoms. The number of hydrogen-bond acceptors (Lipinski definition) is 3. The van der Waals surface area contributed by atoms with Crippen LogP contribution in [0.4, 0.5) is 0 Å². The van der Waals surface area contributed by atoms with Crippen LogP contribution in [0.15, 0.2) is 27.6 Å². The fraction of sp³-hybridized carbons (Fsp3) is 0.625. The van der Waals surface area contributed by atoms with Crippen molar-refractivity contribution in [3.63, 3.8) is 0 Å². The van der Waals surface area contributed by atoms with Crippen LogP contribution in [0.25, 0.3) is 0 Å². The number of nitrogens with one attached hydrogen (secondary N) is 1. The highest BCUT2D eigenvalue weighted by molar-refractivity contribution is 9.10. The molecule has 1 heterocycles. The van der Waals surface area contributed by atoms with Gasteiger partial charge in [-0.2, -0.15) is 0 Å². The fourth-order valence-electron chi connectivity index (χ4n) is 2.38. The molecule has 1 N–H and O–H groups in total. The van der Waals surface area contributed by atoms with Crippen LogP contribution in [-0.4, -0.2) is 25.0 Å². The van der Waals surface area contributed by atoms with E-state index in [2.05, 4.69) is 53.3 Å². The Hall–Kier alpha value is -0.0300. The highest BCUT2D eigenvalue weighted by Crippen LogP contribution is 2.30. The van der Waals surface area contributed by atoms with Crippen molar-refractivity contribution >= 4 is 27.7 Å². The van der Waals surface area contributed by atoms with Gasteiger partial charge in [0.05, 0.1) is 6.10 Å². The third-order valence-electron chi connectivity index (χ3n) is 3.60. The highest BCUT2D eigenvalue weighted by Gasteiger charge is 2.16. The van der Waals surface area contributed by atoms with Crippen molar-refractivity contribution in [3.05, 3.63) is 28.2 Å². The maximum absolute atomic E-state index is 5.67. The van der Waals surface area contributed by atoms with Crippen LogP contribution in [-0.2, 0) is 4.74 Å². The van der Waals surface area contributed by atoms with Crippen molar-refractivity contribution in [1.82, 2.24) is 5.32 Å². The summed E-state index contributed by atoms with van der Waals surface area (Å²) in [5, 5.41) is 3.53. The Balaban J connectivity index is 1.90. The van der Waals surface area contributed by atoms with Crippen molar-refractivity contribution in [3.8, 4) is 0 Å². The largest absolute Gasteiger partial charge is 0.377 e. The van der Waals surface area contributed by atoms with Gasteiger partial charge in [-0.3, -0.25) is 0 Å². The molecule has 1 aromatic carbocycles. The van der Waals surface area contributed by atoms with Gasteiger partial charge in [-0.25, -0.2) is 0 Å². The lowest BCUT2D eigenvalue weighted by molar-refractivity contribution is 0.129. The standard InChI is InChI=1S/C16H24BrNOS/c1-3-8-18-12(2)15-7-6-14(10-16(15)17)20-11-13-5-4-9-19-13/h6-7,10,12-13,18H,3-5,8-9,11H2,1-2H3. The first-order chi connectivity index (χ1) is 9.70. The van der Waals surface area contributed by atoms with E-state index < -0.39 is 0 Å². The summed E-state index contributed by atoms with van der Waals surface area (Å²) >= 11 is 5.60. The SMILES string of the molecule is CCCNC(C)c1ccc(SCC2CCCO2)cc1Br. The quantitative estimate of drug-likeness (QED) is 0.709. The molecule has 2 unspecified atom stereocenters. The summed E-state index contributed by atoms with van der Waals surface area (Å²) in [6.07, 6.45) is 4.04. The number of benzene rings is 1. The topological polar surface area (TPSA) is 21.3 Å². The van der Waals surface area contributed by atoms with Crippen molar-refractivity contribution < 1.29 is 4.74 Å². The summed E-state index contributed by atoms with van der Waals surface area (Å²) < 4.78 is 6.87. The summed E-state index contributed by atoms with van der Waals surface area (Å²) in [6, 6.07) is 7.08. The Kier molecular flexibility index (Phi) is 6.88. The van der Waals surface area contributed by atoms with Crippen LogP contribution in [0, 0.1) is 0 Å². The molecule has 0 amide bonds. The lowest BCUT2D eigenvalue weighted by Crippen LogP contribution is -2.19. The molecule has 2 atom stereocenters. The molecule has 0 aliphatic carbocycles. The van der Waals surface area contributed by atoms with E-state index in [-0.39, 0.29) is 0 Å². The Morgan fingerprint density at radius 1 is 1.50 bits per heavy atom. The highest BCUT2D eigenvalue weighted by atomic mass is 79.9. The Morgan fingerprint density at radius 2 is 2.35 bits per heavy atom. The molecule has 2 nitrogen and oxygen atoms in total. The molecule has 1 saturated heterocycles. The average Bonchev–Trinajstić information content (AvgIpc) is 2.96. The molecule has 4 heteroatoms. The predicted molar refractivity (Wildman–Crippen MR) is 90.5 cm³/mol. The Morgan fingerprint density at radius 3 is 3.00 bits per heavy atom. The second-order valence-electron chi connectivity index (χ2n) is 5.31. The molecule has 1 aliphatic rings. The molecule has 1 fully saturated rings. The van der Waals surface area contributed by atoms with Crippen LogP contribution in [0.2, 0.25) is 0 Å². The Labute approximate surface area is 135 Å². The van der Waals surface area contributed by atoms with E-state index in [1.807, 2.05) is 11.8 Å². The Bertz CT molecular complexity index is 421. The fourth-order valence-corrected chi connectivity index (χ4v) is 4.26. The number of hydrogen-bond donors (Lipinski definition) is 1. The summed E-state index contributed by atoms with van der Waals surface area (Å²) in [7, 11) is 0. The molecule has 0 radical (unpaired) electrons. The van der Waals surface area contributed by atoms with Gasteiger partial charge in [-0.1, -0.05) is 28.9 Å². The summed E-state index contributed by atoms with van der Waals surface area (Å²) in [4.78, 5) is 1.32. The smallest absolute Gasteiger partial charge is 0.0669 e. The number of rotatable bonds is 7. The zero-order valence-electron chi connectivity index (χ0n) is 12.3. The van der Waals surface area contributed by atoms with Gasteiger partial charge in [0.25, 0.3) is 0 Å². The van der Waals surface area contributed by atoms with Gasteiger partial charge in [0.15, 0.2) is 0 Å². The van der Waals surface area contributed by atoms with E-state index in [1.54, 1.807) is 0 Å². The maximum atomic E-state index is 5.67. The normalized spacial score (nSPS) is 20.2. The minimum atomic E-state index is 0.390. The average molecular weight is 358 g/mol. The minimum absolute atomic E-state index is 0.390. The van der Waals surface area contributed by atoms with Crippen LogP contribution >= 0.6 is 27.7 Å². The zero-order valence-corrected chi connectivity index (χ0v) is 14.7. The maximum Gasteiger partial charge on any atom is 0.0669 e. The minimum Gasteiger partial charge on any atom is -0.377 e. The predicted octanol–water partition coefficient (Wildman–Crippen LogP) is 4.78. The first-order valence-electron chi connectivity index (χ1n) is 7.48. The monoisotopic (exact) mass is 357 g/mol. The molecular formula is C16H24BrNOS. The van der Waals surface area contributed by atoms with Crippen LogP contribution in [0.3, 0.4) is 0 Å². The zero-order chi connectivity index (χ0) is 14.4. The molecule has 0 aromatic heterocycles. The van der Waals surface area contributed by atoms with E-state index in [1.165, 1.54) is 27.8 Å². The van der Waals surface area contributed by atoms with Gasteiger partial charge in [0.1, 0.15) is 0 Å². The van der Waals surface area contributed by atoms with Crippen molar-refractivity contribution in [2.75, 3.05) is 18.9 Å². The van der Waals surface area contributed by atoms with Gasteiger partial charge >= 0.3 is 0 Å². The lowest BCUT2D eigenvalue weighted by Gasteiger charge is -2.16. The molecule has 112 valence electrons. The van der Waals surface area contributed by atoms with Gasteiger partial charge in [-0.15, -0.1) is 11.8 Å². The van der Waals surface area contributed by atoms with Crippen molar-refractivity contribution in [1.29, 1.82) is 0 Å². The third-order valence-corrected chi connectivity index (χ3v) is 5.41. The van der Waals surface area contributed by atoms with Gasteiger partial charge in [-0.05, 0) is 50.4 Å². The van der Waals surface area contributed by atoms with Crippen LogP contribution in [0.1, 0.15) is 44.7 Å². The molecule has 0 saturated carbocycles. The van der Waals surface area contributed by atoms with Crippen LogP contribution in [0.5, 0.6) is 0 Å². The molecule has 2 rings (SSSR count). The molecule has 1 aromatic rings. The van der Waals surface area contributed by atoms with Crippen molar-refractivity contribution in [2.24, 2.45) is 0 Å². The van der Waals surface area contributed by atoms with Gasteiger partial charge in [0, 0.05) is 27.8 Å². The second kappa shape index (κ2) is 8.42. The summed E-state index contributed by atoms with van der Waals surface area (Å²) in [5.74, 6) is 1.06. The molecular weight excluding hydrogens is 334 g/mol. The first kappa shape index (κ1) is 16.3. The molecule has 1 aliphatic heterocycles. The van der Waals surface area contributed by atoms with Crippen molar-refractivity contribution in [2.45, 2.75) is 50.2 Å². The third kappa shape index (κ3) is 4.76. The van der Waals surface area contributed by atoms with E-state index >= 15 is 0 Å². The number of thioether (sulfide) groups is 1. The molecule has 0 spiro atoms. The number of ether oxygens (including phenoxy) is 1. The van der Waals surface area contributed by atoms with E-state index in [0.717, 1.165) is 25.3 Å². The summed E-state index contributed by atoms with van der Waals surface area (Å²) in [6.45, 7) is 6.41. The van der Waals surface area contributed by atoms with E-state index in [4.69, 9.17) is 4.74 Å². The van der Waals surface area contributed by atoms with Gasteiger partial charge < -0.3 is 10.1 Å². The summed E-state index contributed by atoms with van der Waals surface area (Å²) in [5.41, 5.74) is 1.33. The first-order valence-corrected chi connectivity index (χ1v) is 9.25. The van der Waals surface area contributed by atoms with E-state index in [0.29, 0.717) is 12.1 Å². The van der Waals surface area contributed by atoms with E-state index in [9.17, 15) is 0 Å². The lowest BCUT2D eigenvalue weighted by atomic mass is 10.1. The van der Waals surface area contributed by atoms with Gasteiger partial charge in [0.2, 0.25) is 0 Å².